The summed E-state index contributed by atoms with van der Waals surface area (Å²) in [5.41, 5.74) is 2.51. The molecule has 2 rings (SSSR count). The molecule has 0 N–H and O–H groups in total. The van der Waals surface area contributed by atoms with Gasteiger partial charge in [-0.25, -0.2) is 0 Å². The molecule has 2 aromatic carbocycles. The lowest BCUT2D eigenvalue weighted by Gasteiger charge is -2.16. The molecule has 0 saturated carbocycles. The third-order valence-electron chi connectivity index (χ3n) is 3.73. The molecule has 0 aliphatic carbocycles. The van der Waals surface area contributed by atoms with Gasteiger partial charge < -0.3 is 14.3 Å². The minimum Gasteiger partial charge on any atom is -0.469 e. The number of nitrogens with zero attached hydrogens (tertiary/aromatic N) is 1. The Labute approximate surface area is 148 Å². The van der Waals surface area contributed by atoms with Gasteiger partial charge in [-0.05, 0) is 34.3 Å². The average Bonchev–Trinajstić information content (AvgIpc) is 2.62. The topological polar surface area (TPSA) is 57.1 Å². The number of benzene rings is 2. The number of hydrogen-bond donors (Lipinski definition) is 0. The van der Waals surface area contributed by atoms with Crippen LogP contribution in [0.25, 0.3) is 0 Å². The number of rotatable bonds is 6. The second kappa shape index (κ2) is 8.87. The molecule has 132 valence electrons. The lowest BCUT2D eigenvalue weighted by atomic mass is 10.0. The first kappa shape index (κ1) is 18.5. The Balaban J connectivity index is 2.41. The smallest absolute Gasteiger partial charge is 0.310 e. The van der Waals surface area contributed by atoms with Crippen LogP contribution in [0.15, 0.2) is 53.7 Å². The van der Waals surface area contributed by atoms with Gasteiger partial charge in [-0.2, -0.15) is 0 Å². The van der Waals surface area contributed by atoms with Gasteiger partial charge >= 0.3 is 5.97 Å². The van der Waals surface area contributed by atoms with E-state index in [1.54, 1.807) is 0 Å². The molecule has 0 heterocycles. The van der Waals surface area contributed by atoms with Crippen molar-refractivity contribution in [2.24, 2.45) is 5.16 Å². The first-order valence-electron chi connectivity index (χ1n) is 8.09. The average molecular weight is 341 g/mol. The molecule has 0 amide bonds. The molecule has 0 unspecified atom stereocenters. The van der Waals surface area contributed by atoms with Gasteiger partial charge in [-0.1, -0.05) is 50.2 Å². The lowest BCUT2D eigenvalue weighted by molar-refractivity contribution is -0.139. The van der Waals surface area contributed by atoms with E-state index in [1.165, 1.54) is 14.2 Å². The molecule has 2 aromatic rings. The van der Waals surface area contributed by atoms with E-state index in [4.69, 9.17) is 14.3 Å². The van der Waals surface area contributed by atoms with E-state index in [-0.39, 0.29) is 12.4 Å². The van der Waals surface area contributed by atoms with E-state index in [9.17, 15) is 4.79 Å². The molecule has 5 nitrogen and oxygen atoms in total. The van der Waals surface area contributed by atoms with E-state index < -0.39 is 0 Å². The maximum Gasteiger partial charge on any atom is 0.310 e. The van der Waals surface area contributed by atoms with Crippen molar-refractivity contribution in [2.75, 3.05) is 14.2 Å². The van der Waals surface area contributed by atoms with Crippen molar-refractivity contribution in [3.63, 3.8) is 0 Å². The van der Waals surface area contributed by atoms with Gasteiger partial charge in [-0.15, -0.1) is 0 Å². The number of hydrogen-bond acceptors (Lipinski definition) is 5. The fourth-order valence-corrected chi connectivity index (χ4v) is 2.47. The second-order valence-corrected chi connectivity index (χ2v) is 5.78. The van der Waals surface area contributed by atoms with Crippen LogP contribution in [0.2, 0.25) is 0 Å². The van der Waals surface area contributed by atoms with Crippen molar-refractivity contribution in [1.29, 1.82) is 0 Å². The minimum atomic E-state index is -0.327. The van der Waals surface area contributed by atoms with Gasteiger partial charge in [-0.3, -0.25) is 4.79 Å². The number of methoxy groups -OCH3 is 1. The number of carbonyl (C=O) groups excluding carboxylic acids is 1. The molecule has 0 aromatic heterocycles. The Hall–Kier alpha value is -2.82. The third kappa shape index (κ3) is 4.83. The van der Waals surface area contributed by atoms with Crippen molar-refractivity contribution in [3.05, 3.63) is 65.2 Å². The molecule has 25 heavy (non-hydrogen) atoms. The first-order valence-corrected chi connectivity index (χ1v) is 8.09. The van der Waals surface area contributed by atoms with Crippen molar-refractivity contribution < 1.29 is 19.1 Å². The predicted molar refractivity (Wildman–Crippen MR) is 96.9 cm³/mol. The number of ether oxygens (including phenoxy) is 2. The Bertz CT molecular complexity index is 753. The highest BCUT2D eigenvalue weighted by molar-refractivity contribution is 5.97. The highest BCUT2D eigenvalue weighted by atomic mass is 16.6. The molecule has 0 atom stereocenters. The summed E-state index contributed by atoms with van der Waals surface area (Å²) in [7, 11) is 2.82. The molecular weight excluding hydrogens is 318 g/mol. The summed E-state index contributed by atoms with van der Waals surface area (Å²) < 4.78 is 10.8. The van der Waals surface area contributed by atoms with E-state index >= 15 is 0 Å². The van der Waals surface area contributed by atoms with Gasteiger partial charge in [0.25, 0.3) is 5.90 Å². The molecule has 0 saturated heterocycles. The molecule has 0 radical (unpaired) electrons. The van der Waals surface area contributed by atoms with Crippen LogP contribution in [0.5, 0.6) is 5.75 Å². The predicted octanol–water partition coefficient (Wildman–Crippen LogP) is 3.91. The van der Waals surface area contributed by atoms with Crippen molar-refractivity contribution in [3.8, 4) is 5.75 Å². The van der Waals surface area contributed by atoms with E-state index in [0.717, 1.165) is 11.1 Å². The van der Waals surface area contributed by atoms with Crippen LogP contribution in [0.4, 0.5) is 0 Å². The van der Waals surface area contributed by atoms with E-state index in [0.29, 0.717) is 23.1 Å². The Kier molecular flexibility index (Phi) is 6.57. The van der Waals surface area contributed by atoms with Crippen molar-refractivity contribution in [2.45, 2.75) is 26.2 Å². The van der Waals surface area contributed by atoms with Gasteiger partial charge in [0.15, 0.2) is 0 Å². The van der Waals surface area contributed by atoms with Crippen molar-refractivity contribution in [1.82, 2.24) is 0 Å². The largest absolute Gasteiger partial charge is 0.469 e. The maximum absolute atomic E-state index is 11.7. The zero-order chi connectivity index (χ0) is 18.2. The third-order valence-corrected chi connectivity index (χ3v) is 3.73. The summed E-state index contributed by atoms with van der Waals surface area (Å²) in [6.45, 7) is 4.20. The molecule has 0 bridgehead atoms. The summed E-state index contributed by atoms with van der Waals surface area (Å²) >= 11 is 0. The van der Waals surface area contributed by atoms with Crippen LogP contribution in [0.1, 0.15) is 36.5 Å². The zero-order valence-electron chi connectivity index (χ0n) is 15.0. The summed E-state index contributed by atoms with van der Waals surface area (Å²) in [5, 5.41) is 4.03. The highest BCUT2D eigenvalue weighted by Gasteiger charge is 2.17. The molecule has 0 fully saturated rings. The van der Waals surface area contributed by atoms with Crippen LogP contribution in [0.3, 0.4) is 0 Å². The summed E-state index contributed by atoms with van der Waals surface area (Å²) in [6.07, 6.45) is 0.130. The number of esters is 1. The fraction of sp³-hybridized carbons (Fsp3) is 0.300. The van der Waals surface area contributed by atoms with E-state index in [1.807, 2.05) is 48.5 Å². The summed E-state index contributed by atoms with van der Waals surface area (Å²) in [6, 6.07) is 15.2. The number of oxime groups is 1. The quantitative estimate of drug-likeness (QED) is 0.346. The monoisotopic (exact) mass is 341 g/mol. The fourth-order valence-electron chi connectivity index (χ4n) is 2.47. The maximum atomic E-state index is 11.7. The Morgan fingerprint density at radius 2 is 1.72 bits per heavy atom. The standard InChI is InChI=1S/C20H23NO4/c1-14(2)16-10-7-8-12-18(16)25-20(21-24-4)17-11-6-5-9-15(17)13-19(22)23-3/h5-12,14H,13H2,1-4H3/b21-20+. The van der Waals surface area contributed by atoms with Crippen LogP contribution in [-0.2, 0) is 20.8 Å². The summed E-state index contributed by atoms with van der Waals surface area (Å²) in [4.78, 5) is 16.6. The molecule has 0 aliphatic heterocycles. The van der Waals surface area contributed by atoms with Gasteiger partial charge in [0.05, 0.1) is 13.5 Å². The highest BCUT2D eigenvalue weighted by Crippen LogP contribution is 2.27. The minimum absolute atomic E-state index is 0.130. The van der Waals surface area contributed by atoms with Crippen molar-refractivity contribution >= 4 is 11.9 Å². The lowest BCUT2D eigenvalue weighted by Crippen LogP contribution is -2.16. The number of carbonyl (C=O) groups is 1. The van der Waals surface area contributed by atoms with Gasteiger partial charge in [0, 0.05) is 5.56 Å². The van der Waals surface area contributed by atoms with Crippen LogP contribution >= 0.6 is 0 Å². The van der Waals surface area contributed by atoms with Crippen LogP contribution in [0, 0.1) is 0 Å². The zero-order valence-corrected chi connectivity index (χ0v) is 15.0. The normalized spacial score (nSPS) is 11.3. The van der Waals surface area contributed by atoms with Gasteiger partial charge in [0.2, 0.25) is 0 Å². The Morgan fingerprint density at radius 3 is 2.40 bits per heavy atom. The van der Waals surface area contributed by atoms with E-state index in [2.05, 4.69) is 19.0 Å². The molecule has 0 aliphatic rings. The Morgan fingerprint density at radius 1 is 1.04 bits per heavy atom. The second-order valence-electron chi connectivity index (χ2n) is 5.78. The van der Waals surface area contributed by atoms with Crippen LogP contribution < -0.4 is 4.74 Å². The molecule has 0 spiro atoms. The first-order chi connectivity index (χ1) is 12.1. The summed E-state index contributed by atoms with van der Waals surface area (Å²) in [5.74, 6) is 0.980. The van der Waals surface area contributed by atoms with Crippen LogP contribution in [-0.4, -0.2) is 26.1 Å². The molecule has 5 heteroatoms. The number of para-hydroxylation sites is 1. The van der Waals surface area contributed by atoms with Gasteiger partial charge in [0.1, 0.15) is 12.9 Å². The molecular formula is C20H23NO4. The SMILES string of the molecule is CO/N=C(/Oc1ccccc1C(C)C)c1ccccc1CC(=O)OC.